The Bertz CT molecular complexity index is 946. The number of carbonyl (C=O) groups is 2. The molecule has 2 aromatic rings. The Morgan fingerprint density at radius 2 is 2.03 bits per heavy atom. The molecular formula is C21H24ClN5O3. The van der Waals surface area contributed by atoms with E-state index < -0.39 is 0 Å². The van der Waals surface area contributed by atoms with Crippen LogP contribution in [0.15, 0.2) is 36.5 Å². The van der Waals surface area contributed by atoms with Gasteiger partial charge in [0.05, 0.1) is 5.69 Å². The van der Waals surface area contributed by atoms with Gasteiger partial charge in [-0.05, 0) is 37.4 Å². The van der Waals surface area contributed by atoms with E-state index in [4.69, 9.17) is 16.3 Å². The highest BCUT2D eigenvalue weighted by Crippen LogP contribution is 2.39. The number of piperazine rings is 1. The highest BCUT2D eigenvalue weighted by molar-refractivity contribution is 6.31. The van der Waals surface area contributed by atoms with Crippen LogP contribution < -0.4 is 15.0 Å². The van der Waals surface area contributed by atoms with Crippen molar-refractivity contribution in [3.63, 3.8) is 0 Å². The largest absolute Gasteiger partial charge is 0.436 e. The van der Waals surface area contributed by atoms with Gasteiger partial charge in [-0.3, -0.25) is 19.4 Å². The zero-order chi connectivity index (χ0) is 21.1. The molecular weight excluding hydrogens is 406 g/mol. The second kappa shape index (κ2) is 8.99. The molecule has 0 atom stereocenters. The molecule has 0 radical (unpaired) electrons. The van der Waals surface area contributed by atoms with Crippen molar-refractivity contribution in [3.8, 4) is 11.6 Å². The van der Waals surface area contributed by atoms with Crippen molar-refractivity contribution in [2.24, 2.45) is 0 Å². The Morgan fingerprint density at radius 1 is 1.23 bits per heavy atom. The van der Waals surface area contributed by atoms with Gasteiger partial charge in [-0.25, -0.2) is 4.98 Å². The number of pyridine rings is 1. The van der Waals surface area contributed by atoms with E-state index in [0.29, 0.717) is 28.6 Å². The molecule has 1 aromatic carbocycles. The molecule has 158 valence electrons. The van der Waals surface area contributed by atoms with E-state index in [0.717, 1.165) is 32.7 Å². The summed E-state index contributed by atoms with van der Waals surface area (Å²) in [5.41, 5.74) is 0.745. The number of nitrogens with one attached hydrogen (secondary N) is 1. The summed E-state index contributed by atoms with van der Waals surface area (Å²) in [6.07, 6.45) is 1.56. The highest BCUT2D eigenvalue weighted by atomic mass is 35.5. The van der Waals surface area contributed by atoms with Gasteiger partial charge in [0.25, 0.3) is 5.91 Å². The fourth-order valence-corrected chi connectivity index (χ4v) is 3.73. The summed E-state index contributed by atoms with van der Waals surface area (Å²) >= 11 is 6.15. The number of rotatable bonds is 5. The van der Waals surface area contributed by atoms with Crippen molar-refractivity contribution in [3.05, 3.63) is 47.1 Å². The lowest BCUT2D eigenvalue weighted by atomic mass is 10.2. The van der Waals surface area contributed by atoms with Gasteiger partial charge in [-0.1, -0.05) is 11.6 Å². The van der Waals surface area contributed by atoms with Crippen LogP contribution in [0.2, 0.25) is 5.02 Å². The average Bonchev–Trinajstić information content (AvgIpc) is 2.85. The number of hydrogen-bond donors (Lipinski definition) is 1. The molecule has 3 heterocycles. The first-order chi connectivity index (χ1) is 14.5. The van der Waals surface area contributed by atoms with Crippen LogP contribution in [-0.2, 0) is 4.79 Å². The molecule has 30 heavy (non-hydrogen) atoms. The second-order valence-electron chi connectivity index (χ2n) is 7.46. The predicted molar refractivity (Wildman–Crippen MR) is 114 cm³/mol. The maximum absolute atomic E-state index is 13.2. The fraction of sp³-hybridized carbons (Fsp3) is 0.381. The summed E-state index contributed by atoms with van der Waals surface area (Å²) in [7, 11) is 2.11. The Hall–Kier alpha value is -2.68. The van der Waals surface area contributed by atoms with E-state index >= 15 is 0 Å². The summed E-state index contributed by atoms with van der Waals surface area (Å²) in [5, 5.41) is 3.37. The van der Waals surface area contributed by atoms with Crippen LogP contribution in [-0.4, -0.2) is 79.5 Å². The van der Waals surface area contributed by atoms with Crippen molar-refractivity contribution < 1.29 is 14.3 Å². The number of anilines is 1. The maximum atomic E-state index is 13.2. The molecule has 2 aliphatic heterocycles. The first-order valence-electron chi connectivity index (χ1n) is 9.93. The third-order valence-corrected chi connectivity index (χ3v) is 5.55. The number of hydrogen-bond acceptors (Lipinski definition) is 6. The molecule has 4 rings (SSSR count). The number of aromatic nitrogens is 1. The third kappa shape index (κ3) is 4.56. The number of benzene rings is 1. The smallest absolute Gasteiger partial charge is 0.264 e. The van der Waals surface area contributed by atoms with Crippen molar-refractivity contribution in [1.82, 2.24) is 20.1 Å². The molecule has 0 spiro atoms. The summed E-state index contributed by atoms with van der Waals surface area (Å²) in [5.74, 6) is 0.0450. The van der Waals surface area contributed by atoms with Crippen molar-refractivity contribution >= 4 is 29.1 Å². The van der Waals surface area contributed by atoms with Gasteiger partial charge in [-0.15, -0.1) is 0 Å². The summed E-state index contributed by atoms with van der Waals surface area (Å²) in [6.45, 7) is 5.22. The molecule has 0 unspecified atom stereocenters. The second-order valence-corrected chi connectivity index (χ2v) is 7.89. The van der Waals surface area contributed by atoms with E-state index in [-0.39, 0.29) is 24.2 Å². The van der Waals surface area contributed by atoms with Gasteiger partial charge in [0, 0.05) is 50.5 Å². The van der Waals surface area contributed by atoms with Crippen LogP contribution in [0.25, 0.3) is 0 Å². The SMILES string of the molecule is CN1CCN(CCNC(=O)CN2C(=O)c3cccnc3Oc3ccc(Cl)cc32)CC1. The van der Waals surface area contributed by atoms with Crippen LogP contribution in [0.1, 0.15) is 10.4 Å². The van der Waals surface area contributed by atoms with Gasteiger partial charge >= 0.3 is 0 Å². The molecule has 2 amide bonds. The number of ether oxygens (including phenoxy) is 1. The zero-order valence-corrected chi connectivity index (χ0v) is 17.6. The van der Waals surface area contributed by atoms with E-state index in [2.05, 4.69) is 27.1 Å². The summed E-state index contributed by atoms with van der Waals surface area (Å²) in [6, 6.07) is 8.27. The summed E-state index contributed by atoms with van der Waals surface area (Å²) < 4.78 is 5.83. The molecule has 2 aliphatic rings. The van der Waals surface area contributed by atoms with E-state index in [9.17, 15) is 9.59 Å². The molecule has 8 nitrogen and oxygen atoms in total. The van der Waals surface area contributed by atoms with E-state index in [1.807, 2.05) is 0 Å². The topological polar surface area (TPSA) is 78.0 Å². The lowest BCUT2D eigenvalue weighted by Crippen LogP contribution is -2.48. The minimum absolute atomic E-state index is 0.132. The minimum Gasteiger partial charge on any atom is -0.436 e. The Labute approximate surface area is 180 Å². The van der Waals surface area contributed by atoms with Gasteiger partial charge in [-0.2, -0.15) is 0 Å². The Morgan fingerprint density at radius 3 is 2.83 bits per heavy atom. The van der Waals surface area contributed by atoms with Crippen molar-refractivity contribution in [2.45, 2.75) is 0 Å². The van der Waals surface area contributed by atoms with Gasteiger partial charge in [0.1, 0.15) is 12.1 Å². The van der Waals surface area contributed by atoms with Gasteiger partial charge < -0.3 is 15.0 Å². The van der Waals surface area contributed by atoms with Gasteiger partial charge in [0.2, 0.25) is 11.8 Å². The Kier molecular flexibility index (Phi) is 6.17. The molecule has 0 bridgehead atoms. The zero-order valence-electron chi connectivity index (χ0n) is 16.8. The molecule has 1 N–H and O–H groups in total. The average molecular weight is 430 g/mol. The molecule has 9 heteroatoms. The standard InChI is InChI=1S/C21H24ClN5O3/c1-25-9-11-26(12-10-25)8-7-23-19(28)14-27-17-13-15(22)4-5-18(17)30-20-16(21(27)29)3-2-6-24-20/h2-6,13H,7-12,14H2,1H3,(H,23,28). The number of carbonyl (C=O) groups excluding carboxylic acids is 2. The molecule has 0 saturated carbocycles. The molecule has 1 fully saturated rings. The molecule has 1 saturated heterocycles. The van der Waals surface area contributed by atoms with E-state index in [1.165, 1.54) is 4.90 Å². The fourth-order valence-electron chi connectivity index (χ4n) is 3.56. The normalized spacial score (nSPS) is 17.0. The third-order valence-electron chi connectivity index (χ3n) is 5.31. The number of nitrogens with zero attached hydrogens (tertiary/aromatic N) is 4. The lowest BCUT2D eigenvalue weighted by molar-refractivity contribution is -0.119. The predicted octanol–water partition coefficient (Wildman–Crippen LogP) is 1.85. The first kappa shape index (κ1) is 20.6. The molecule has 0 aliphatic carbocycles. The maximum Gasteiger partial charge on any atom is 0.264 e. The lowest BCUT2D eigenvalue weighted by Gasteiger charge is -2.32. The molecule has 1 aromatic heterocycles. The highest BCUT2D eigenvalue weighted by Gasteiger charge is 2.30. The summed E-state index contributed by atoms with van der Waals surface area (Å²) in [4.78, 5) is 36.0. The monoisotopic (exact) mass is 429 g/mol. The van der Waals surface area contributed by atoms with Crippen LogP contribution in [0.5, 0.6) is 11.6 Å². The van der Waals surface area contributed by atoms with E-state index in [1.54, 1.807) is 36.5 Å². The number of amides is 2. The van der Waals surface area contributed by atoms with Crippen molar-refractivity contribution in [2.75, 3.05) is 57.8 Å². The Balaban J connectivity index is 1.46. The number of halogens is 1. The quantitative estimate of drug-likeness (QED) is 0.781. The van der Waals surface area contributed by atoms with Crippen LogP contribution in [0.4, 0.5) is 5.69 Å². The number of likely N-dealkylation sites (N-methyl/N-ethyl adjacent to an activating group) is 1. The van der Waals surface area contributed by atoms with Crippen molar-refractivity contribution in [1.29, 1.82) is 0 Å². The van der Waals surface area contributed by atoms with Crippen LogP contribution in [0.3, 0.4) is 0 Å². The number of fused-ring (bicyclic) bond motifs is 2. The van der Waals surface area contributed by atoms with Gasteiger partial charge in [0.15, 0.2) is 5.75 Å². The minimum atomic E-state index is -0.353. The van der Waals surface area contributed by atoms with Crippen LogP contribution >= 0.6 is 11.6 Å². The first-order valence-corrected chi connectivity index (χ1v) is 10.3. The van der Waals surface area contributed by atoms with Crippen LogP contribution in [0, 0.1) is 0 Å².